The molecule has 0 atom stereocenters. The van der Waals surface area contributed by atoms with Crippen LogP contribution in [0.3, 0.4) is 0 Å². The van der Waals surface area contributed by atoms with Gasteiger partial charge in [-0.3, -0.25) is 10.1 Å². The van der Waals surface area contributed by atoms with Gasteiger partial charge >= 0.3 is 0 Å². The van der Waals surface area contributed by atoms with E-state index < -0.39 is 5.91 Å². The predicted octanol–water partition coefficient (Wildman–Crippen LogP) is 6.24. The Balaban J connectivity index is 1.75. The second-order valence-corrected chi connectivity index (χ2v) is 8.27. The van der Waals surface area contributed by atoms with Crippen LogP contribution in [-0.4, -0.2) is 10.9 Å². The number of carbonyl (C=O) groups excluding carboxylic acids is 1. The lowest BCUT2D eigenvalue weighted by molar-refractivity contribution is -0.112. The third-order valence-electron chi connectivity index (χ3n) is 4.12. The van der Waals surface area contributed by atoms with E-state index in [1.54, 1.807) is 6.08 Å². The van der Waals surface area contributed by atoms with Crippen molar-refractivity contribution in [1.29, 1.82) is 5.26 Å². The van der Waals surface area contributed by atoms with Gasteiger partial charge in [-0.25, -0.2) is 4.98 Å². The molecule has 0 fully saturated rings. The number of halogens is 1. The molecule has 1 N–H and O–H groups in total. The lowest BCUT2D eigenvalue weighted by Crippen LogP contribution is -2.13. The Hall–Kier alpha value is -2.75. The molecule has 2 aromatic carbocycles. The number of nitriles is 1. The molecule has 28 heavy (non-hydrogen) atoms. The molecule has 0 bridgehead atoms. The number of thiazole rings is 1. The molecule has 0 aliphatic heterocycles. The monoisotopic (exact) mass is 451 g/mol. The zero-order valence-electron chi connectivity index (χ0n) is 15.4. The predicted molar refractivity (Wildman–Crippen MR) is 118 cm³/mol. The molecule has 0 aliphatic carbocycles. The summed E-state index contributed by atoms with van der Waals surface area (Å²) in [6.45, 7) is 4.24. The van der Waals surface area contributed by atoms with Gasteiger partial charge in [0.1, 0.15) is 11.6 Å². The van der Waals surface area contributed by atoms with Crippen molar-refractivity contribution in [3.63, 3.8) is 0 Å². The van der Waals surface area contributed by atoms with E-state index in [1.165, 1.54) is 16.9 Å². The van der Waals surface area contributed by atoms with E-state index in [4.69, 9.17) is 0 Å². The number of rotatable bonds is 5. The first-order chi connectivity index (χ1) is 13.5. The van der Waals surface area contributed by atoms with Crippen LogP contribution < -0.4 is 5.32 Å². The first kappa shape index (κ1) is 20.0. The van der Waals surface area contributed by atoms with Gasteiger partial charge in [0.05, 0.1) is 5.69 Å². The molecule has 0 unspecified atom stereocenters. The number of hydrogen-bond donors (Lipinski definition) is 1. The fourth-order valence-electron chi connectivity index (χ4n) is 2.57. The van der Waals surface area contributed by atoms with Crippen LogP contribution in [0.2, 0.25) is 0 Å². The minimum Gasteiger partial charge on any atom is -0.297 e. The van der Waals surface area contributed by atoms with Crippen molar-refractivity contribution < 1.29 is 4.79 Å². The standard InChI is InChI=1S/C22H18BrN3OS/c1-14(2)16-8-6-15(7-9-16)10-18(12-24)21(27)26-22-25-20(13-28-22)17-4-3-5-19(23)11-17/h3-11,13-14H,1-2H3,(H,25,26,27)/b18-10+. The molecule has 140 valence electrons. The molecule has 0 spiro atoms. The Morgan fingerprint density at radius 1 is 1.25 bits per heavy atom. The van der Waals surface area contributed by atoms with Crippen molar-refractivity contribution in [2.24, 2.45) is 0 Å². The summed E-state index contributed by atoms with van der Waals surface area (Å²) in [4.78, 5) is 16.9. The average Bonchev–Trinajstić information content (AvgIpc) is 3.15. The van der Waals surface area contributed by atoms with Crippen LogP contribution in [0.15, 0.2) is 64.0 Å². The third kappa shape index (κ3) is 4.94. The Labute approximate surface area is 176 Å². The maximum absolute atomic E-state index is 12.5. The van der Waals surface area contributed by atoms with Gasteiger partial charge < -0.3 is 0 Å². The summed E-state index contributed by atoms with van der Waals surface area (Å²) >= 11 is 4.76. The minimum atomic E-state index is -0.467. The largest absolute Gasteiger partial charge is 0.297 e. The molecule has 0 radical (unpaired) electrons. The Morgan fingerprint density at radius 3 is 2.64 bits per heavy atom. The molecule has 0 aliphatic rings. The second kappa shape index (κ2) is 8.96. The fraction of sp³-hybridized carbons (Fsp3) is 0.136. The van der Waals surface area contributed by atoms with Gasteiger partial charge in [0.15, 0.2) is 5.13 Å². The van der Waals surface area contributed by atoms with Crippen molar-refractivity contribution in [2.45, 2.75) is 19.8 Å². The van der Waals surface area contributed by atoms with Gasteiger partial charge in [-0.15, -0.1) is 11.3 Å². The Bertz CT molecular complexity index is 1060. The number of benzene rings is 2. The second-order valence-electron chi connectivity index (χ2n) is 6.49. The first-order valence-electron chi connectivity index (χ1n) is 8.71. The van der Waals surface area contributed by atoms with E-state index in [0.717, 1.165) is 21.3 Å². The highest BCUT2D eigenvalue weighted by molar-refractivity contribution is 9.10. The summed E-state index contributed by atoms with van der Waals surface area (Å²) in [5.74, 6) is -0.0355. The van der Waals surface area contributed by atoms with E-state index in [1.807, 2.05) is 60.0 Å². The Kier molecular flexibility index (Phi) is 6.40. The quantitative estimate of drug-likeness (QED) is 0.368. The van der Waals surface area contributed by atoms with Crippen molar-refractivity contribution >= 4 is 44.4 Å². The molecule has 1 amide bonds. The highest BCUT2D eigenvalue weighted by atomic mass is 79.9. The number of amides is 1. The molecule has 4 nitrogen and oxygen atoms in total. The molecule has 1 aromatic heterocycles. The van der Waals surface area contributed by atoms with Crippen LogP contribution in [0.5, 0.6) is 0 Å². The normalized spacial score (nSPS) is 11.3. The van der Waals surface area contributed by atoms with Gasteiger partial charge in [0, 0.05) is 15.4 Å². The fourth-order valence-corrected chi connectivity index (χ4v) is 3.68. The molecule has 0 saturated heterocycles. The van der Waals surface area contributed by atoms with E-state index in [-0.39, 0.29) is 5.57 Å². The van der Waals surface area contributed by atoms with Crippen LogP contribution in [0.25, 0.3) is 17.3 Å². The van der Waals surface area contributed by atoms with E-state index in [9.17, 15) is 10.1 Å². The maximum Gasteiger partial charge on any atom is 0.268 e. The molecular formula is C22H18BrN3OS. The number of aromatic nitrogens is 1. The number of carbonyl (C=O) groups is 1. The summed E-state index contributed by atoms with van der Waals surface area (Å²) < 4.78 is 0.960. The number of anilines is 1. The average molecular weight is 452 g/mol. The molecule has 0 saturated carbocycles. The SMILES string of the molecule is CC(C)c1ccc(/C=C(\C#N)C(=O)Nc2nc(-c3cccc(Br)c3)cs2)cc1. The maximum atomic E-state index is 12.5. The van der Waals surface area contributed by atoms with E-state index >= 15 is 0 Å². The zero-order chi connectivity index (χ0) is 20.1. The van der Waals surface area contributed by atoms with Crippen LogP contribution in [0.4, 0.5) is 5.13 Å². The Morgan fingerprint density at radius 2 is 2.00 bits per heavy atom. The lowest BCUT2D eigenvalue weighted by atomic mass is 10.0. The van der Waals surface area contributed by atoms with Crippen molar-refractivity contribution in [1.82, 2.24) is 4.98 Å². The van der Waals surface area contributed by atoms with Crippen molar-refractivity contribution in [3.8, 4) is 17.3 Å². The molecule has 6 heteroatoms. The highest BCUT2D eigenvalue weighted by Crippen LogP contribution is 2.27. The molecule has 3 aromatic rings. The van der Waals surface area contributed by atoms with Crippen LogP contribution in [0, 0.1) is 11.3 Å². The smallest absolute Gasteiger partial charge is 0.268 e. The van der Waals surface area contributed by atoms with Crippen LogP contribution in [-0.2, 0) is 4.79 Å². The van der Waals surface area contributed by atoms with Gasteiger partial charge in [-0.1, -0.05) is 66.2 Å². The van der Waals surface area contributed by atoms with E-state index in [0.29, 0.717) is 11.0 Å². The lowest BCUT2D eigenvalue weighted by Gasteiger charge is -2.05. The minimum absolute atomic E-state index is 0.0384. The molecule has 3 rings (SSSR count). The number of hydrogen-bond acceptors (Lipinski definition) is 4. The first-order valence-corrected chi connectivity index (χ1v) is 10.4. The summed E-state index contributed by atoms with van der Waals surface area (Å²) in [7, 11) is 0. The summed E-state index contributed by atoms with van der Waals surface area (Å²) in [5, 5.41) is 14.4. The number of nitrogens with zero attached hydrogens (tertiary/aromatic N) is 2. The topological polar surface area (TPSA) is 65.8 Å². The summed E-state index contributed by atoms with van der Waals surface area (Å²) in [6, 6.07) is 17.6. The van der Waals surface area contributed by atoms with Crippen LogP contribution >= 0.6 is 27.3 Å². The summed E-state index contributed by atoms with van der Waals surface area (Å²) in [5.41, 5.74) is 3.78. The van der Waals surface area contributed by atoms with Gasteiger partial charge in [-0.2, -0.15) is 5.26 Å². The molecular weight excluding hydrogens is 434 g/mol. The highest BCUT2D eigenvalue weighted by Gasteiger charge is 2.13. The van der Waals surface area contributed by atoms with Gasteiger partial charge in [-0.05, 0) is 35.3 Å². The van der Waals surface area contributed by atoms with Crippen molar-refractivity contribution in [2.75, 3.05) is 5.32 Å². The van der Waals surface area contributed by atoms with Crippen LogP contribution in [0.1, 0.15) is 30.9 Å². The zero-order valence-corrected chi connectivity index (χ0v) is 17.8. The van der Waals surface area contributed by atoms with Gasteiger partial charge in [0.25, 0.3) is 5.91 Å². The van der Waals surface area contributed by atoms with Gasteiger partial charge in [0.2, 0.25) is 0 Å². The number of nitrogens with one attached hydrogen (secondary N) is 1. The van der Waals surface area contributed by atoms with E-state index in [2.05, 4.69) is 40.1 Å². The summed E-state index contributed by atoms with van der Waals surface area (Å²) in [6.07, 6.45) is 1.59. The third-order valence-corrected chi connectivity index (χ3v) is 5.38. The van der Waals surface area contributed by atoms with Crippen molar-refractivity contribution in [3.05, 3.63) is 75.1 Å². The molecule has 1 heterocycles.